The molecule has 0 spiro atoms. The van der Waals surface area contributed by atoms with E-state index in [1.165, 1.54) is 6.42 Å². The molecule has 0 atom stereocenters. The predicted molar refractivity (Wildman–Crippen MR) is 98.4 cm³/mol. The van der Waals surface area contributed by atoms with Gasteiger partial charge in [-0.05, 0) is 30.5 Å². The van der Waals surface area contributed by atoms with Gasteiger partial charge in [-0.3, -0.25) is 9.79 Å². The second-order valence-electron chi connectivity index (χ2n) is 5.45. The number of guanidine groups is 1. The molecule has 0 heterocycles. The maximum absolute atomic E-state index is 11.5. The summed E-state index contributed by atoms with van der Waals surface area (Å²) in [4.78, 5) is 15.7. The molecule has 6 heteroatoms. The molecule has 1 amide bonds. The average molecular weight is 334 g/mol. The van der Waals surface area contributed by atoms with Gasteiger partial charge in [0.1, 0.15) is 0 Å². The minimum Gasteiger partial charge on any atom is -0.381 e. The van der Waals surface area contributed by atoms with Crippen molar-refractivity contribution in [1.29, 1.82) is 0 Å². The molecule has 0 saturated heterocycles. The zero-order valence-corrected chi connectivity index (χ0v) is 15.0. The molecule has 6 nitrogen and oxygen atoms in total. The molecule has 0 fully saturated rings. The Balaban J connectivity index is 2.25. The molecule has 0 aliphatic carbocycles. The fourth-order valence-corrected chi connectivity index (χ4v) is 2.05. The van der Waals surface area contributed by atoms with Gasteiger partial charge in [-0.1, -0.05) is 25.5 Å². The number of ether oxygens (including phenoxy) is 1. The van der Waals surface area contributed by atoms with E-state index in [-0.39, 0.29) is 5.91 Å². The van der Waals surface area contributed by atoms with Crippen molar-refractivity contribution in [3.63, 3.8) is 0 Å². The van der Waals surface area contributed by atoms with Crippen molar-refractivity contribution in [2.45, 2.75) is 32.7 Å². The first-order valence-corrected chi connectivity index (χ1v) is 8.54. The summed E-state index contributed by atoms with van der Waals surface area (Å²) in [6, 6.07) is 7.51. The number of rotatable bonds is 10. The van der Waals surface area contributed by atoms with Gasteiger partial charge in [-0.25, -0.2) is 0 Å². The summed E-state index contributed by atoms with van der Waals surface area (Å²) in [5.74, 6) is 0.687. The summed E-state index contributed by atoms with van der Waals surface area (Å²) in [6.07, 6.45) is 3.24. The van der Waals surface area contributed by atoms with Gasteiger partial charge in [0.25, 0.3) is 5.91 Å². The van der Waals surface area contributed by atoms with Gasteiger partial charge in [-0.15, -0.1) is 0 Å². The molecular formula is C18H30N4O2. The quantitative estimate of drug-likeness (QED) is 0.347. The molecule has 1 rings (SSSR count). The van der Waals surface area contributed by atoms with Gasteiger partial charge in [0.05, 0.1) is 0 Å². The van der Waals surface area contributed by atoms with Gasteiger partial charge < -0.3 is 20.7 Å². The topological polar surface area (TPSA) is 74.8 Å². The fraction of sp³-hybridized carbons (Fsp3) is 0.556. The summed E-state index contributed by atoms with van der Waals surface area (Å²) in [7, 11) is 3.38. The Morgan fingerprint density at radius 3 is 2.46 bits per heavy atom. The number of hydrogen-bond donors (Lipinski definition) is 3. The number of aliphatic imine (C=N–C) groups is 1. The highest BCUT2D eigenvalue weighted by Gasteiger charge is 2.03. The van der Waals surface area contributed by atoms with Crippen LogP contribution in [0.15, 0.2) is 29.3 Å². The maximum Gasteiger partial charge on any atom is 0.251 e. The normalized spacial score (nSPS) is 11.2. The lowest BCUT2D eigenvalue weighted by molar-refractivity contribution is 0.0963. The Hall–Kier alpha value is -2.08. The zero-order chi connectivity index (χ0) is 17.6. The molecular weight excluding hydrogens is 304 g/mol. The van der Waals surface area contributed by atoms with Crippen LogP contribution in [-0.2, 0) is 11.3 Å². The Morgan fingerprint density at radius 1 is 1.12 bits per heavy atom. The molecule has 0 aliphatic rings. The minimum absolute atomic E-state index is 0.0758. The molecule has 1 aromatic rings. The van der Waals surface area contributed by atoms with Gasteiger partial charge in [0, 0.05) is 46.0 Å². The van der Waals surface area contributed by atoms with Crippen LogP contribution in [0.2, 0.25) is 0 Å². The van der Waals surface area contributed by atoms with E-state index in [2.05, 4.69) is 27.9 Å². The first kappa shape index (κ1) is 20.0. The maximum atomic E-state index is 11.5. The summed E-state index contributed by atoms with van der Waals surface area (Å²) in [6.45, 7) is 5.25. The SMILES string of the molecule is CCCCOCCCNC(=NC)NCc1ccc(C(=O)NC)cc1. The van der Waals surface area contributed by atoms with E-state index in [1.54, 1.807) is 14.1 Å². The Labute approximate surface area is 145 Å². The van der Waals surface area contributed by atoms with Crippen LogP contribution in [0.3, 0.4) is 0 Å². The number of amides is 1. The van der Waals surface area contributed by atoms with Gasteiger partial charge in [0.15, 0.2) is 5.96 Å². The van der Waals surface area contributed by atoms with E-state index in [1.807, 2.05) is 24.3 Å². The predicted octanol–water partition coefficient (Wildman–Crippen LogP) is 1.92. The lowest BCUT2D eigenvalue weighted by Crippen LogP contribution is -2.37. The zero-order valence-electron chi connectivity index (χ0n) is 15.0. The van der Waals surface area contributed by atoms with Crippen molar-refractivity contribution in [3.05, 3.63) is 35.4 Å². The number of nitrogens with zero attached hydrogens (tertiary/aromatic N) is 1. The van der Waals surface area contributed by atoms with Crippen LogP contribution in [0.25, 0.3) is 0 Å². The molecule has 24 heavy (non-hydrogen) atoms. The minimum atomic E-state index is -0.0758. The second-order valence-corrected chi connectivity index (χ2v) is 5.45. The number of unbranched alkanes of at least 4 members (excludes halogenated alkanes) is 1. The molecule has 1 aromatic carbocycles. The number of carbonyl (C=O) groups is 1. The highest BCUT2D eigenvalue weighted by Crippen LogP contribution is 2.04. The summed E-state index contributed by atoms with van der Waals surface area (Å²) in [5, 5.41) is 9.13. The van der Waals surface area contributed by atoms with Crippen LogP contribution >= 0.6 is 0 Å². The first-order valence-electron chi connectivity index (χ1n) is 8.54. The van der Waals surface area contributed by atoms with Crippen LogP contribution in [-0.4, -0.2) is 45.7 Å². The van der Waals surface area contributed by atoms with Crippen molar-refractivity contribution < 1.29 is 9.53 Å². The average Bonchev–Trinajstić information content (AvgIpc) is 2.63. The van der Waals surface area contributed by atoms with Gasteiger partial charge in [0.2, 0.25) is 0 Å². The summed E-state index contributed by atoms with van der Waals surface area (Å²) >= 11 is 0. The largest absolute Gasteiger partial charge is 0.381 e. The number of hydrogen-bond acceptors (Lipinski definition) is 3. The molecule has 0 unspecified atom stereocenters. The third kappa shape index (κ3) is 7.97. The van der Waals surface area contributed by atoms with E-state index < -0.39 is 0 Å². The molecule has 0 radical (unpaired) electrons. The first-order chi connectivity index (χ1) is 11.7. The molecule has 0 bridgehead atoms. The van der Waals surface area contributed by atoms with Crippen LogP contribution in [0.5, 0.6) is 0 Å². The standard InChI is InChI=1S/C18H30N4O2/c1-4-5-12-24-13-6-11-21-18(20-3)22-14-15-7-9-16(10-8-15)17(23)19-2/h7-10H,4-6,11-14H2,1-3H3,(H,19,23)(H2,20,21,22). The van der Waals surface area contributed by atoms with Gasteiger partial charge in [-0.2, -0.15) is 0 Å². The van der Waals surface area contributed by atoms with Crippen LogP contribution in [0, 0.1) is 0 Å². The Kier molecular flexibility index (Phi) is 10.3. The third-order valence-electron chi connectivity index (χ3n) is 3.53. The Bertz CT molecular complexity index is 500. The van der Waals surface area contributed by atoms with Crippen molar-refractivity contribution in [2.24, 2.45) is 4.99 Å². The molecule has 0 aromatic heterocycles. The van der Waals surface area contributed by atoms with Crippen molar-refractivity contribution >= 4 is 11.9 Å². The van der Waals surface area contributed by atoms with Crippen LogP contribution in [0.1, 0.15) is 42.1 Å². The highest BCUT2D eigenvalue weighted by molar-refractivity contribution is 5.93. The lowest BCUT2D eigenvalue weighted by atomic mass is 10.1. The van der Waals surface area contributed by atoms with Crippen LogP contribution in [0.4, 0.5) is 0 Å². The number of benzene rings is 1. The number of nitrogens with one attached hydrogen (secondary N) is 3. The van der Waals surface area contributed by atoms with E-state index in [9.17, 15) is 4.79 Å². The number of carbonyl (C=O) groups excluding carboxylic acids is 1. The Morgan fingerprint density at radius 2 is 1.83 bits per heavy atom. The molecule has 0 aliphatic heterocycles. The lowest BCUT2D eigenvalue weighted by Gasteiger charge is -2.12. The van der Waals surface area contributed by atoms with Crippen molar-refractivity contribution in [1.82, 2.24) is 16.0 Å². The van der Waals surface area contributed by atoms with E-state index in [4.69, 9.17) is 4.74 Å². The molecule has 134 valence electrons. The highest BCUT2D eigenvalue weighted by atomic mass is 16.5. The summed E-state index contributed by atoms with van der Waals surface area (Å²) < 4.78 is 5.53. The fourth-order valence-electron chi connectivity index (χ4n) is 2.05. The van der Waals surface area contributed by atoms with E-state index in [0.717, 1.165) is 44.1 Å². The summed E-state index contributed by atoms with van der Waals surface area (Å²) in [5.41, 5.74) is 1.75. The van der Waals surface area contributed by atoms with E-state index in [0.29, 0.717) is 12.1 Å². The van der Waals surface area contributed by atoms with Crippen molar-refractivity contribution in [3.8, 4) is 0 Å². The van der Waals surface area contributed by atoms with Gasteiger partial charge >= 0.3 is 0 Å². The molecule has 0 saturated carbocycles. The smallest absolute Gasteiger partial charge is 0.251 e. The van der Waals surface area contributed by atoms with Crippen molar-refractivity contribution in [2.75, 3.05) is 33.9 Å². The second kappa shape index (κ2) is 12.4. The monoisotopic (exact) mass is 334 g/mol. The van der Waals surface area contributed by atoms with Crippen LogP contribution < -0.4 is 16.0 Å². The molecule has 3 N–H and O–H groups in total. The van der Waals surface area contributed by atoms with E-state index >= 15 is 0 Å². The third-order valence-corrected chi connectivity index (χ3v) is 3.53.